The Balaban J connectivity index is 1.40. The Morgan fingerprint density at radius 3 is 2.69 bits per heavy atom. The summed E-state index contributed by atoms with van der Waals surface area (Å²) in [6.45, 7) is 1.56. The van der Waals surface area contributed by atoms with Gasteiger partial charge in [0.2, 0.25) is 11.8 Å². The van der Waals surface area contributed by atoms with E-state index in [1.165, 1.54) is 12.8 Å². The maximum atomic E-state index is 12.3. The highest BCUT2D eigenvalue weighted by atomic mass is 16.2. The van der Waals surface area contributed by atoms with Gasteiger partial charge in [0, 0.05) is 37.8 Å². The summed E-state index contributed by atoms with van der Waals surface area (Å²) in [5, 5.41) is 13.5. The standard InChI is InChI=1S/C18H30N6O2/c1-23(2)6-5-19-18(26)12-24-11-16(10-20-24)22-17(25)9-13-7-14-3-4-15(8-13)21-14/h10-11,13-15,21H,3-9,12H2,1-2H3,(H,19,26)(H,22,25). The van der Waals surface area contributed by atoms with Crippen LogP contribution in [0.1, 0.15) is 32.1 Å². The lowest BCUT2D eigenvalue weighted by atomic mass is 9.89. The summed E-state index contributed by atoms with van der Waals surface area (Å²) in [4.78, 5) is 26.2. The molecule has 2 saturated heterocycles. The monoisotopic (exact) mass is 362 g/mol. The molecule has 2 fully saturated rings. The van der Waals surface area contributed by atoms with Crippen molar-refractivity contribution < 1.29 is 9.59 Å². The topological polar surface area (TPSA) is 91.3 Å². The van der Waals surface area contributed by atoms with Gasteiger partial charge in [0.1, 0.15) is 6.54 Å². The Morgan fingerprint density at radius 2 is 2.00 bits per heavy atom. The summed E-state index contributed by atoms with van der Waals surface area (Å²) in [5.41, 5.74) is 0.646. The van der Waals surface area contributed by atoms with Gasteiger partial charge in [-0.2, -0.15) is 5.10 Å². The van der Waals surface area contributed by atoms with E-state index in [1.54, 1.807) is 17.1 Å². The van der Waals surface area contributed by atoms with Crippen LogP contribution in [-0.4, -0.2) is 65.8 Å². The molecule has 0 radical (unpaired) electrons. The van der Waals surface area contributed by atoms with Gasteiger partial charge in [0.15, 0.2) is 0 Å². The van der Waals surface area contributed by atoms with Crippen LogP contribution >= 0.6 is 0 Å². The number of aromatic nitrogens is 2. The Hall–Kier alpha value is -1.93. The summed E-state index contributed by atoms with van der Waals surface area (Å²) >= 11 is 0. The lowest BCUT2D eigenvalue weighted by Gasteiger charge is -2.28. The van der Waals surface area contributed by atoms with E-state index in [0.717, 1.165) is 19.4 Å². The lowest BCUT2D eigenvalue weighted by Crippen LogP contribution is -2.39. The van der Waals surface area contributed by atoms with Crippen LogP contribution in [0.5, 0.6) is 0 Å². The first-order valence-electron chi connectivity index (χ1n) is 9.47. The number of carbonyl (C=O) groups excluding carboxylic acids is 2. The van der Waals surface area contributed by atoms with Crippen LogP contribution < -0.4 is 16.0 Å². The average molecular weight is 362 g/mol. The zero-order valence-corrected chi connectivity index (χ0v) is 15.7. The predicted octanol–water partition coefficient (Wildman–Crippen LogP) is 0.420. The van der Waals surface area contributed by atoms with Crippen LogP contribution in [0, 0.1) is 5.92 Å². The molecule has 3 N–H and O–H groups in total. The number of likely N-dealkylation sites (N-methyl/N-ethyl adjacent to an activating group) is 1. The van der Waals surface area contributed by atoms with Gasteiger partial charge in [-0.3, -0.25) is 14.3 Å². The number of hydrogen-bond acceptors (Lipinski definition) is 5. The molecule has 1 aromatic rings. The summed E-state index contributed by atoms with van der Waals surface area (Å²) in [6.07, 6.45) is 8.53. The molecule has 144 valence electrons. The number of piperidine rings is 1. The number of amides is 2. The highest BCUT2D eigenvalue weighted by Gasteiger charge is 2.34. The number of fused-ring (bicyclic) bond motifs is 2. The quantitative estimate of drug-likeness (QED) is 0.623. The first-order chi connectivity index (χ1) is 12.5. The van der Waals surface area contributed by atoms with Gasteiger partial charge in [0.25, 0.3) is 0 Å². The number of nitrogens with zero attached hydrogens (tertiary/aromatic N) is 3. The Morgan fingerprint density at radius 1 is 1.27 bits per heavy atom. The zero-order valence-electron chi connectivity index (χ0n) is 15.7. The van der Waals surface area contributed by atoms with Crippen molar-refractivity contribution in [3.8, 4) is 0 Å². The number of anilines is 1. The van der Waals surface area contributed by atoms with Gasteiger partial charge in [-0.1, -0.05) is 0 Å². The molecule has 2 aliphatic rings. The first-order valence-corrected chi connectivity index (χ1v) is 9.47. The molecule has 26 heavy (non-hydrogen) atoms. The van der Waals surface area contributed by atoms with Crippen molar-refractivity contribution in [3.63, 3.8) is 0 Å². The van der Waals surface area contributed by atoms with E-state index in [1.807, 2.05) is 19.0 Å². The van der Waals surface area contributed by atoms with Crippen molar-refractivity contribution in [2.75, 3.05) is 32.5 Å². The second kappa shape index (κ2) is 8.64. The SMILES string of the molecule is CN(C)CCNC(=O)Cn1cc(NC(=O)CC2CC3CCC(C2)N3)cn1. The molecule has 2 aliphatic heterocycles. The molecule has 2 atom stereocenters. The fourth-order valence-corrected chi connectivity index (χ4v) is 3.95. The summed E-state index contributed by atoms with van der Waals surface area (Å²) in [6, 6.07) is 1.20. The third-order valence-electron chi connectivity index (χ3n) is 5.15. The highest BCUT2D eigenvalue weighted by Crippen LogP contribution is 2.32. The second-order valence-electron chi connectivity index (χ2n) is 7.81. The largest absolute Gasteiger partial charge is 0.353 e. The minimum Gasteiger partial charge on any atom is -0.353 e. The minimum absolute atomic E-state index is 0.0336. The molecule has 8 heteroatoms. The number of carbonyl (C=O) groups is 2. The first kappa shape index (κ1) is 18.8. The Kier molecular flexibility index (Phi) is 6.26. The van der Waals surface area contributed by atoms with E-state index in [-0.39, 0.29) is 18.4 Å². The molecule has 8 nitrogen and oxygen atoms in total. The third-order valence-corrected chi connectivity index (χ3v) is 5.15. The molecule has 0 spiro atoms. The molecule has 0 saturated carbocycles. The molecular weight excluding hydrogens is 332 g/mol. The molecule has 3 rings (SSSR count). The van der Waals surface area contributed by atoms with E-state index in [4.69, 9.17) is 0 Å². The van der Waals surface area contributed by atoms with Gasteiger partial charge in [-0.05, 0) is 45.7 Å². The van der Waals surface area contributed by atoms with E-state index in [0.29, 0.717) is 36.7 Å². The van der Waals surface area contributed by atoms with Crippen LogP contribution in [0.25, 0.3) is 0 Å². The van der Waals surface area contributed by atoms with Crippen molar-refractivity contribution in [3.05, 3.63) is 12.4 Å². The molecule has 2 amide bonds. The second-order valence-corrected chi connectivity index (χ2v) is 7.81. The lowest BCUT2D eigenvalue weighted by molar-refractivity contribution is -0.122. The highest BCUT2D eigenvalue weighted by molar-refractivity contribution is 5.90. The number of rotatable bonds is 8. The summed E-state index contributed by atoms with van der Waals surface area (Å²) < 4.78 is 1.55. The van der Waals surface area contributed by atoms with Crippen LogP contribution in [-0.2, 0) is 16.1 Å². The fourth-order valence-electron chi connectivity index (χ4n) is 3.95. The maximum absolute atomic E-state index is 12.3. The van der Waals surface area contributed by atoms with Crippen molar-refractivity contribution in [2.24, 2.45) is 5.92 Å². The molecular formula is C18H30N6O2. The molecule has 0 aromatic carbocycles. The maximum Gasteiger partial charge on any atom is 0.241 e. The van der Waals surface area contributed by atoms with Crippen molar-refractivity contribution >= 4 is 17.5 Å². The van der Waals surface area contributed by atoms with E-state index in [9.17, 15) is 9.59 Å². The molecule has 2 unspecified atom stereocenters. The van der Waals surface area contributed by atoms with Crippen LogP contribution in [0.2, 0.25) is 0 Å². The van der Waals surface area contributed by atoms with Gasteiger partial charge in [-0.25, -0.2) is 0 Å². The molecule has 3 heterocycles. The average Bonchev–Trinajstić information content (AvgIpc) is 3.13. The van der Waals surface area contributed by atoms with Gasteiger partial charge in [-0.15, -0.1) is 0 Å². The Labute approximate surface area is 154 Å². The Bertz CT molecular complexity index is 617. The fraction of sp³-hybridized carbons (Fsp3) is 0.722. The normalized spacial score (nSPS) is 24.7. The number of hydrogen-bond donors (Lipinski definition) is 3. The molecule has 0 aliphatic carbocycles. The summed E-state index contributed by atoms with van der Waals surface area (Å²) in [7, 11) is 3.92. The zero-order chi connectivity index (χ0) is 18.5. The van der Waals surface area contributed by atoms with E-state index >= 15 is 0 Å². The van der Waals surface area contributed by atoms with Crippen LogP contribution in [0.15, 0.2) is 12.4 Å². The number of nitrogens with one attached hydrogen (secondary N) is 3. The third kappa shape index (κ3) is 5.54. The molecule has 1 aromatic heterocycles. The van der Waals surface area contributed by atoms with Gasteiger partial charge < -0.3 is 20.9 Å². The van der Waals surface area contributed by atoms with Crippen molar-refractivity contribution in [1.82, 2.24) is 25.3 Å². The van der Waals surface area contributed by atoms with E-state index in [2.05, 4.69) is 21.0 Å². The van der Waals surface area contributed by atoms with Crippen LogP contribution in [0.4, 0.5) is 5.69 Å². The summed E-state index contributed by atoms with van der Waals surface area (Å²) in [5.74, 6) is 0.413. The van der Waals surface area contributed by atoms with Crippen molar-refractivity contribution in [1.29, 1.82) is 0 Å². The van der Waals surface area contributed by atoms with Crippen LogP contribution in [0.3, 0.4) is 0 Å². The van der Waals surface area contributed by atoms with Crippen molar-refractivity contribution in [2.45, 2.75) is 50.7 Å². The van der Waals surface area contributed by atoms with E-state index < -0.39 is 0 Å². The predicted molar refractivity (Wildman–Crippen MR) is 99.7 cm³/mol. The smallest absolute Gasteiger partial charge is 0.241 e. The van der Waals surface area contributed by atoms with Gasteiger partial charge >= 0.3 is 0 Å². The molecule has 2 bridgehead atoms. The minimum atomic E-state index is -0.0852. The van der Waals surface area contributed by atoms with Gasteiger partial charge in [0.05, 0.1) is 11.9 Å².